The Kier molecular flexibility index (Phi) is 6.39. The Bertz CT molecular complexity index is 1460. The van der Waals surface area contributed by atoms with Gasteiger partial charge in [0.1, 0.15) is 16.6 Å². The molecule has 2 unspecified atom stereocenters. The highest BCUT2D eigenvalue weighted by Crippen LogP contribution is 2.66. The summed E-state index contributed by atoms with van der Waals surface area (Å²) < 4.78 is 80.2. The number of carbonyl (C=O) groups excluding carboxylic acids is 1. The van der Waals surface area contributed by atoms with Crippen LogP contribution in [0.4, 0.5) is 13.2 Å². The van der Waals surface area contributed by atoms with Crippen molar-refractivity contribution in [2.45, 2.75) is 55.5 Å². The van der Waals surface area contributed by atoms with Crippen LogP contribution in [0.25, 0.3) is 11.1 Å². The molecule has 5 atom stereocenters. The highest BCUT2D eigenvalue weighted by atomic mass is 32.2. The molecule has 2 aliphatic carbocycles. The quantitative estimate of drug-likeness (QED) is 0.520. The van der Waals surface area contributed by atoms with E-state index in [-0.39, 0.29) is 23.3 Å². The van der Waals surface area contributed by atoms with Crippen molar-refractivity contribution in [2.75, 3.05) is 7.11 Å². The summed E-state index contributed by atoms with van der Waals surface area (Å²) in [5.74, 6) is -3.49. The molecular formula is C24H24F3N3O7S. The van der Waals surface area contributed by atoms with Crippen molar-refractivity contribution in [3.63, 3.8) is 0 Å². The predicted molar refractivity (Wildman–Crippen MR) is 123 cm³/mol. The third-order valence-corrected chi connectivity index (χ3v) is 10.1. The van der Waals surface area contributed by atoms with Crippen LogP contribution in [0, 0.1) is 41.9 Å². The number of aryl methyl sites for hydroxylation is 2. The summed E-state index contributed by atoms with van der Waals surface area (Å²) in [6, 6.07) is 4.48. The number of sulfone groups is 1. The number of hydrogen-bond acceptors (Lipinski definition) is 8. The molecule has 0 radical (unpaired) electrons. The summed E-state index contributed by atoms with van der Waals surface area (Å²) in [6.07, 6.45) is -7.70. The molecule has 10 nitrogen and oxygen atoms in total. The van der Waals surface area contributed by atoms with Crippen molar-refractivity contribution in [1.82, 2.24) is 5.16 Å². The first-order valence-corrected chi connectivity index (χ1v) is 13.0. The van der Waals surface area contributed by atoms with Gasteiger partial charge in [-0.05, 0) is 50.8 Å². The molecule has 1 amide bonds. The molecule has 1 aromatic heterocycles. The van der Waals surface area contributed by atoms with Crippen molar-refractivity contribution < 1.29 is 45.5 Å². The van der Waals surface area contributed by atoms with Crippen molar-refractivity contribution in [3.05, 3.63) is 35.2 Å². The summed E-state index contributed by atoms with van der Waals surface area (Å²) >= 11 is 0. The van der Waals surface area contributed by atoms with E-state index in [1.54, 1.807) is 6.07 Å². The van der Waals surface area contributed by atoms with Gasteiger partial charge in [-0.1, -0.05) is 11.2 Å². The number of halogens is 3. The van der Waals surface area contributed by atoms with Crippen LogP contribution in [0.2, 0.25) is 0 Å². The number of nitrogens with two attached hydrogens (primary N) is 1. The molecule has 2 aliphatic rings. The topological polar surface area (TPSA) is 174 Å². The number of aromatic nitrogens is 1. The number of aliphatic carboxylic acids is 1. The summed E-state index contributed by atoms with van der Waals surface area (Å²) in [5, 5.41) is 21.9. The molecule has 4 rings (SSSR count). The fraction of sp³-hybridized carbons (Fsp3) is 0.500. The van der Waals surface area contributed by atoms with Crippen molar-refractivity contribution in [3.8, 4) is 17.2 Å². The average Bonchev–Trinajstić information content (AvgIpc) is 3.32. The zero-order chi connectivity index (χ0) is 28.4. The van der Waals surface area contributed by atoms with E-state index in [2.05, 4.69) is 5.16 Å². The molecule has 0 saturated heterocycles. The minimum atomic E-state index is -5.07. The number of nitriles is 1. The number of carboxylic acid groups (broad SMARTS) is 1. The molecule has 2 fully saturated rings. The zero-order valence-electron chi connectivity index (χ0n) is 20.5. The fourth-order valence-corrected chi connectivity index (χ4v) is 7.91. The largest absolute Gasteiger partial charge is 0.481 e. The van der Waals surface area contributed by atoms with Crippen LogP contribution in [0.15, 0.2) is 27.6 Å². The van der Waals surface area contributed by atoms with Crippen LogP contribution in [-0.2, 0) is 30.3 Å². The average molecular weight is 556 g/mol. The normalized spacial score (nSPS) is 29.1. The van der Waals surface area contributed by atoms with E-state index in [0.717, 1.165) is 13.2 Å². The van der Waals surface area contributed by atoms with Gasteiger partial charge in [0.15, 0.2) is 9.84 Å². The Labute approximate surface area is 215 Å². The number of hydrogen-bond donors (Lipinski definition) is 2. The van der Waals surface area contributed by atoms with Gasteiger partial charge in [0.25, 0.3) is 0 Å². The standard InChI is InChI=1S/C24H24F3N3O7S/c1-11-19(12(2)37-30-11)13-4-5-16(15(6-13)24(25,26)27)38(34,35)14-7-18(36-3)23(8-14,21(32)33)17-9-22(17,10-28)20(29)31/h4-6,14,17-18H,7-9H2,1-3H3,(H2,29,31)(H,32,33)/t14-,17?,18+,22?,23+/m1/s1. The number of methoxy groups -OCH3 is 1. The van der Waals surface area contributed by atoms with Gasteiger partial charge in [-0.2, -0.15) is 18.4 Å². The number of carboxylic acids is 1. The lowest BCUT2D eigenvalue weighted by Crippen LogP contribution is -2.44. The number of alkyl halides is 3. The number of amides is 1. The molecule has 0 bridgehead atoms. The van der Waals surface area contributed by atoms with Gasteiger partial charge >= 0.3 is 12.1 Å². The molecule has 1 heterocycles. The second-order valence-electron chi connectivity index (χ2n) is 9.79. The van der Waals surface area contributed by atoms with Gasteiger partial charge in [-0.15, -0.1) is 0 Å². The third-order valence-electron chi connectivity index (χ3n) is 7.87. The molecule has 1 aromatic carbocycles. The predicted octanol–water partition coefficient (Wildman–Crippen LogP) is 3.01. The lowest BCUT2D eigenvalue weighted by Gasteiger charge is -2.31. The lowest BCUT2D eigenvalue weighted by atomic mass is 9.75. The molecule has 38 heavy (non-hydrogen) atoms. The maximum absolute atomic E-state index is 14.2. The third kappa shape index (κ3) is 3.87. The zero-order valence-corrected chi connectivity index (χ0v) is 21.3. The Hall–Kier alpha value is -3.44. The van der Waals surface area contributed by atoms with Crippen LogP contribution in [0.1, 0.15) is 36.3 Å². The first-order chi connectivity index (χ1) is 17.6. The van der Waals surface area contributed by atoms with Gasteiger partial charge in [0.2, 0.25) is 5.91 Å². The summed E-state index contributed by atoms with van der Waals surface area (Å²) in [6.45, 7) is 3.04. The van der Waals surface area contributed by atoms with E-state index in [1.807, 2.05) is 0 Å². The van der Waals surface area contributed by atoms with Crippen molar-refractivity contribution in [1.29, 1.82) is 5.26 Å². The monoisotopic (exact) mass is 555 g/mol. The van der Waals surface area contributed by atoms with E-state index in [0.29, 0.717) is 11.8 Å². The number of carbonyl (C=O) groups is 2. The fourth-order valence-electron chi connectivity index (χ4n) is 5.89. The van der Waals surface area contributed by atoms with Crippen LogP contribution in [0.5, 0.6) is 0 Å². The van der Waals surface area contributed by atoms with Crippen molar-refractivity contribution in [2.24, 2.45) is 22.5 Å². The van der Waals surface area contributed by atoms with E-state index in [4.69, 9.17) is 15.0 Å². The molecule has 14 heteroatoms. The lowest BCUT2D eigenvalue weighted by molar-refractivity contribution is -0.159. The Morgan fingerprint density at radius 3 is 2.39 bits per heavy atom. The molecular weight excluding hydrogens is 531 g/mol. The molecule has 0 aliphatic heterocycles. The van der Waals surface area contributed by atoms with E-state index in [1.165, 1.54) is 19.9 Å². The highest BCUT2D eigenvalue weighted by Gasteiger charge is 2.75. The molecule has 2 aromatic rings. The first kappa shape index (κ1) is 27.6. The highest BCUT2D eigenvalue weighted by molar-refractivity contribution is 7.92. The number of rotatable bonds is 7. The number of benzene rings is 1. The number of primary amides is 1. The van der Waals surface area contributed by atoms with Gasteiger partial charge in [-0.25, -0.2) is 8.42 Å². The number of nitrogens with zero attached hydrogens (tertiary/aromatic N) is 2. The minimum Gasteiger partial charge on any atom is -0.481 e. The second kappa shape index (κ2) is 8.81. The van der Waals surface area contributed by atoms with E-state index < -0.39 is 79.3 Å². The maximum atomic E-state index is 14.2. The molecule has 3 N–H and O–H groups in total. The van der Waals surface area contributed by atoms with Gasteiger partial charge < -0.3 is 20.1 Å². The van der Waals surface area contributed by atoms with E-state index in [9.17, 15) is 41.5 Å². The number of ether oxygens (including phenoxy) is 1. The van der Waals surface area contributed by atoms with Gasteiger partial charge in [-0.3, -0.25) is 9.59 Å². The van der Waals surface area contributed by atoms with Gasteiger partial charge in [0.05, 0.1) is 33.6 Å². The van der Waals surface area contributed by atoms with Crippen LogP contribution >= 0.6 is 0 Å². The van der Waals surface area contributed by atoms with Crippen LogP contribution < -0.4 is 5.73 Å². The maximum Gasteiger partial charge on any atom is 0.417 e. The van der Waals surface area contributed by atoms with Crippen LogP contribution in [0.3, 0.4) is 0 Å². The Morgan fingerprint density at radius 2 is 1.95 bits per heavy atom. The van der Waals surface area contributed by atoms with Crippen LogP contribution in [-0.4, -0.2) is 49.0 Å². The molecule has 0 spiro atoms. The van der Waals surface area contributed by atoms with E-state index >= 15 is 0 Å². The van der Waals surface area contributed by atoms with Crippen molar-refractivity contribution >= 4 is 21.7 Å². The smallest absolute Gasteiger partial charge is 0.417 e. The summed E-state index contributed by atoms with van der Waals surface area (Å²) in [7, 11) is -3.64. The molecule has 2 saturated carbocycles. The Balaban J connectivity index is 1.81. The minimum absolute atomic E-state index is 0.0480. The summed E-state index contributed by atoms with van der Waals surface area (Å²) in [5.41, 5.74) is 0.727. The molecule has 204 valence electrons. The van der Waals surface area contributed by atoms with Gasteiger partial charge in [0, 0.05) is 18.6 Å². The Morgan fingerprint density at radius 1 is 1.29 bits per heavy atom. The SMILES string of the molecule is CO[C@H]1C[C@@H](S(=O)(=O)c2ccc(-c3c(C)noc3C)cc2C(F)(F)F)C[C@]1(C(=O)O)C1CC1(C#N)C(N)=O. The second-order valence-corrected chi connectivity index (χ2v) is 12.0. The summed E-state index contributed by atoms with van der Waals surface area (Å²) in [4.78, 5) is 23.5. The first-order valence-electron chi connectivity index (χ1n) is 11.4.